The first-order chi connectivity index (χ1) is 8.16. The van der Waals surface area contributed by atoms with E-state index in [0.29, 0.717) is 0 Å². The molecule has 1 aliphatic rings. The number of nitrogens with one attached hydrogen (secondary N) is 1. The van der Waals surface area contributed by atoms with E-state index in [2.05, 4.69) is 5.32 Å². The van der Waals surface area contributed by atoms with Crippen molar-refractivity contribution in [2.24, 2.45) is 5.92 Å². The molecule has 1 saturated heterocycles. The van der Waals surface area contributed by atoms with Gasteiger partial charge in [0.25, 0.3) is 0 Å². The molecular weight excluding hydrogens is 214 g/mol. The highest BCUT2D eigenvalue weighted by molar-refractivity contribution is 5.98. The van der Waals surface area contributed by atoms with Gasteiger partial charge in [0.05, 0.1) is 6.10 Å². The summed E-state index contributed by atoms with van der Waals surface area (Å²) in [6.45, 7) is 5.74. The van der Waals surface area contributed by atoms with Crippen molar-refractivity contribution in [1.82, 2.24) is 5.32 Å². The van der Waals surface area contributed by atoms with Crippen molar-refractivity contribution in [3.05, 3.63) is 29.8 Å². The summed E-state index contributed by atoms with van der Waals surface area (Å²) in [5, 5.41) is 3.21. The van der Waals surface area contributed by atoms with Crippen molar-refractivity contribution in [1.29, 1.82) is 0 Å². The second-order valence-electron chi connectivity index (χ2n) is 4.74. The van der Waals surface area contributed by atoms with Gasteiger partial charge < -0.3 is 10.1 Å². The van der Waals surface area contributed by atoms with Gasteiger partial charge in [-0.2, -0.15) is 0 Å². The molecule has 0 amide bonds. The summed E-state index contributed by atoms with van der Waals surface area (Å²) >= 11 is 0. The molecule has 2 rings (SSSR count). The van der Waals surface area contributed by atoms with Gasteiger partial charge in [0.1, 0.15) is 5.75 Å². The van der Waals surface area contributed by atoms with Gasteiger partial charge >= 0.3 is 0 Å². The first-order valence-electron chi connectivity index (χ1n) is 6.18. The topological polar surface area (TPSA) is 38.3 Å². The highest BCUT2D eigenvalue weighted by Crippen LogP contribution is 2.19. The van der Waals surface area contributed by atoms with E-state index < -0.39 is 0 Å². The smallest absolute Gasteiger partial charge is 0.167 e. The normalized spacial score (nSPS) is 19.6. The highest BCUT2D eigenvalue weighted by Gasteiger charge is 2.23. The summed E-state index contributed by atoms with van der Waals surface area (Å²) in [4.78, 5) is 12.1. The summed E-state index contributed by atoms with van der Waals surface area (Å²) in [5.41, 5.74) is 0.787. The van der Waals surface area contributed by atoms with Crippen molar-refractivity contribution >= 4 is 5.78 Å². The maximum atomic E-state index is 12.1. The first-order valence-corrected chi connectivity index (χ1v) is 6.18. The summed E-state index contributed by atoms with van der Waals surface area (Å²) < 4.78 is 5.55. The quantitative estimate of drug-likeness (QED) is 0.811. The number of carbonyl (C=O) groups excluding carboxylic acids is 1. The molecule has 1 unspecified atom stereocenters. The van der Waals surface area contributed by atoms with Gasteiger partial charge in [-0.1, -0.05) is 0 Å². The fourth-order valence-corrected chi connectivity index (χ4v) is 2.08. The Kier molecular flexibility index (Phi) is 3.79. The lowest BCUT2D eigenvalue weighted by Gasteiger charge is -2.11. The Balaban J connectivity index is 2.04. The molecule has 0 aromatic heterocycles. The molecule has 0 aliphatic carbocycles. The molecule has 1 fully saturated rings. The number of rotatable bonds is 4. The Morgan fingerprint density at radius 1 is 1.35 bits per heavy atom. The van der Waals surface area contributed by atoms with Crippen molar-refractivity contribution < 1.29 is 9.53 Å². The Labute approximate surface area is 102 Å². The maximum absolute atomic E-state index is 12.1. The van der Waals surface area contributed by atoms with Crippen LogP contribution in [0.2, 0.25) is 0 Å². The summed E-state index contributed by atoms with van der Waals surface area (Å²) in [5.74, 6) is 1.21. The maximum Gasteiger partial charge on any atom is 0.167 e. The second kappa shape index (κ2) is 5.32. The number of hydrogen-bond acceptors (Lipinski definition) is 3. The summed E-state index contributed by atoms with van der Waals surface area (Å²) in [6, 6.07) is 7.46. The number of hydrogen-bond donors (Lipinski definition) is 1. The molecule has 0 radical (unpaired) electrons. The van der Waals surface area contributed by atoms with E-state index in [1.807, 2.05) is 38.1 Å². The van der Waals surface area contributed by atoms with Crippen LogP contribution in [-0.2, 0) is 0 Å². The molecule has 0 bridgehead atoms. The van der Waals surface area contributed by atoms with E-state index in [1.165, 1.54) is 0 Å². The van der Waals surface area contributed by atoms with Crippen LogP contribution < -0.4 is 10.1 Å². The van der Waals surface area contributed by atoms with Crippen molar-refractivity contribution in [3.63, 3.8) is 0 Å². The van der Waals surface area contributed by atoms with Crippen LogP contribution in [0.5, 0.6) is 5.75 Å². The minimum absolute atomic E-state index is 0.145. The van der Waals surface area contributed by atoms with Crippen LogP contribution in [0.4, 0.5) is 0 Å². The third-order valence-electron chi connectivity index (χ3n) is 2.94. The number of benzene rings is 1. The van der Waals surface area contributed by atoms with Crippen molar-refractivity contribution in [2.75, 3.05) is 13.1 Å². The van der Waals surface area contributed by atoms with E-state index in [4.69, 9.17) is 4.74 Å². The fourth-order valence-electron chi connectivity index (χ4n) is 2.08. The lowest BCUT2D eigenvalue weighted by Crippen LogP contribution is -2.17. The molecule has 1 aromatic carbocycles. The van der Waals surface area contributed by atoms with E-state index in [0.717, 1.165) is 30.8 Å². The summed E-state index contributed by atoms with van der Waals surface area (Å²) in [6.07, 6.45) is 1.11. The van der Waals surface area contributed by atoms with E-state index >= 15 is 0 Å². The number of ketones is 1. The molecule has 92 valence electrons. The number of Topliss-reactive ketones (excluding diaryl/α,β-unsaturated/α-hetero) is 1. The number of carbonyl (C=O) groups is 1. The van der Waals surface area contributed by atoms with Crippen LogP contribution in [0.25, 0.3) is 0 Å². The van der Waals surface area contributed by atoms with E-state index in [1.54, 1.807) is 0 Å². The molecule has 1 heterocycles. The van der Waals surface area contributed by atoms with E-state index in [9.17, 15) is 4.79 Å². The molecule has 1 atom stereocenters. The van der Waals surface area contributed by atoms with Gasteiger partial charge in [-0.05, 0) is 51.1 Å². The lowest BCUT2D eigenvalue weighted by atomic mass is 9.97. The summed E-state index contributed by atoms with van der Waals surface area (Å²) in [7, 11) is 0. The van der Waals surface area contributed by atoms with Gasteiger partial charge in [0.2, 0.25) is 0 Å². The predicted molar refractivity (Wildman–Crippen MR) is 67.5 cm³/mol. The molecule has 0 spiro atoms. The molecule has 1 N–H and O–H groups in total. The van der Waals surface area contributed by atoms with Crippen molar-refractivity contribution in [3.8, 4) is 5.75 Å². The Morgan fingerprint density at radius 3 is 2.59 bits per heavy atom. The molecule has 0 saturated carbocycles. The fraction of sp³-hybridized carbons (Fsp3) is 0.500. The van der Waals surface area contributed by atoms with Crippen LogP contribution in [-0.4, -0.2) is 25.0 Å². The molecular formula is C14H19NO2. The second-order valence-corrected chi connectivity index (χ2v) is 4.74. The lowest BCUT2D eigenvalue weighted by molar-refractivity contribution is 0.0930. The third kappa shape index (κ3) is 3.07. The van der Waals surface area contributed by atoms with Gasteiger partial charge in [0.15, 0.2) is 5.78 Å². The molecule has 1 aliphatic heterocycles. The minimum Gasteiger partial charge on any atom is -0.491 e. The average molecular weight is 233 g/mol. The van der Waals surface area contributed by atoms with Crippen LogP contribution in [0, 0.1) is 5.92 Å². The molecule has 3 heteroatoms. The molecule has 17 heavy (non-hydrogen) atoms. The van der Waals surface area contributed by atoms with Gasteiger partial charge in [-0.3, -0.25) is 4.79 Å². The van der Waals surface area contributed by atoms with Gasteiger partial charge in [-0.15, -0.1) is 0 Å². The zero-order chi connectivity index (χ0) is 12.3. The SMILES string of the molecule is CC(C)Oc1ccc(C(=O)C2CCNC2)cc1. The molecule has 1 aromatic rings. The minimum atomic E-state index is 0.145. The zero-order valence-corrected chi connectivity index (χ0v) is 10.4. The van der Waals surface area contributed by atoms with Crippen molar-refractivity contribution in [2.45, 2.75) is 26.4 Å². The zero-order valence-electron chi connectivity index (χ0n) is 10.4. The van der Waals surface area contributed by atoms with Crippen LogP contribution >= 0.6 is 0 Å². The van der Waals surface area contributed by atoms with Crippen LogP contribution in [0.3, 0.4) is 0 Å². The first kappa shape index (κ1) is 12.1. The standard InChI is InChI=1S/C14H19NO2/c1-10(2)17-13-5-3-11(4-6-13)14(16)12-7-8-15-9-12/h3-6,10,12,15H,7-9H2,1-2H3. The van der Waals surface area contributed by atoms with Crippen LogP contribution in [0.15, 0.2) is 24.3 Å². The van der Waals surface area contributed by atoms with Gasteiger partial charge in [-0.25, -0.2) is 0 Å². The third-order valence-corrected chi connectivity index (χ3v) is 2.94. The largest absolute Gasteiger partial charge is 0.491 e. The highest BCUT2D eigenvalue weighted by atomic mass is 16.5. The van der Waals surface area contributed by atoms with Crippen LogP contribution in [0.1, 0.15) is 30.6 Å². The van der Waals surface area contributed by atoms with E-state index in [-0.39, 0.29) is 17.8 Å². The Bertz CT molecular complexity index is 378. The Morgan fingerprint density at radius 2 is 2.06 bits per heavy atom. The average Bonchev–Trinajstić information content (AvgIpc) is 2.82. The molecule has 3 nitrogen and oxygen atoms in total. The Hall–Kier alpha value is -1.35. The predicted octanol–water partition coefficient (Wildman–Crippen LogP) is 2.27. The monoisotopic (exact) mass is 233 g/mol. The van der Waals surface area contributed by atoms with Gasteiger partial charge in [0, 0.05) is 18.0 Å². The number of ether oxygens (including phenoxy) is 1.